The zero-order chi connectivity index (χ0) is 22.7. The van der Waals surface area contributed by atoms with Gasteiger partial charge in [0.2, 0.25) is 11.9 Å². The van der Waals surface area contributed by atoms with Crippen molar-refractivity contribution in [3.8, 4) is 16.5 Å². The summed E-state index contributed by atoms with van der Waals surface area (Å²) in [5.74, 6) is 0.713. The summed E-state index contributed by atoms with van der Waals surface area (Å²) in [6.45, 7) is 6.85. The number of carbonyl (C=O) groups excluding carboxylic acids is 1. The number of nitrogens with zero attached hydrogens (tertiary/aromatic N) is 4. The van der Waals surface area contributed by atoms with Crippen LogP contribution in [0.25, 0.3) is 10.4 Å². The number of rotatable bonds is 5. The Balaban J connectivity index is 1.66. The number of nitriles is 1. The van der Waals surface area contributed by atoms with E-state index in [0.717, 1.165) is 35.4 Å². The lowest BCUT2D eigenvalue weighted by Gasteiger charge is -2.35. The molecule has 0 saturated carbocycles. The zero-order valence-corrected chi connectivity index (χ0v) is 20.0. The molecule has 0 bridgehead atoms. The number of anilines is 1. The molecule has 164 valence electrons. The number of aromatic nitrogens is 3. The smallest absolute Gasteiger partial charge is 0.237 e. The van der Waals surface area contributed by atoms with Crippen LogP contribution in [0.5, 0.6) is 0 Å². The quantitative estimate of drug-likeness (QED) is 0.513. The number of fused-ring (bicyclic) bond motifs is 1. The molecule has 1 aliphatic rings. The van der Waals surface area contributed by atoms with Crippen LogP contribution in [0, 0.1) is 22.7 Å². The second kappa shape index (κ2) is 9.39. The number of nitrogens with one attached hydrogen (secondary N) is 1. The molecular formula is C24H25N5OS2. The monoisotopic (exact) mass is 463 g/mol. The molecule has 0 radical (unpaired) electrons. The Morgan fingerprint density at radius 1 is 1.31 bits per heavy atom. The highest BCUT2D eigenvalue weighted by Gasteiger charge is 2.33. The first kappa shape index (κ1) is 22.4. The van der Waals surface area contributed by atoms with Gasteiger partial charge in [-0.25, -0.2) is 15.0 Å². The molecule has 0 aromatic carbocycles. The number of thiophene rings is 1. The predicted octanol–water partition coefficient (Wildman–Crippen LogP) is 5.35. The van der Waals surface area contributed by atoms with Crippen LogP contribution in [0.2, 0.25) is 0 Å². The molecule has 0 unspecified atom stereocenters. The summed E-state index contributed by atoms with van der Waals surface area (Å²) in [5, 5.41) is 15.4. The molecule has 3 aromatic rings. The average molecular weight is 464 g/mol. The van der Waals surface area contributed by atoms with Gasteiger partial charge in [-0.3, -0.25) is 10.1 Å². The van der Waals surface area contributed by atoms with Gasteiger partial charge in [0, 0.05) is 28.5 Å². The van der Waals surface area contributed by atoms with E-state index in [1.54, 1.807) is 29.8 Å². The summed E-state index contributed by atoms with van der Waals surface area (Å²) >= 11 is 2.93. The van der Waals surface area contributed by atoms with E-state index in [1.807, 2.05) is 11.4 Å². The number of thioether (sulfide) groups is 1. The maximum Gasteiger partial charge on any atom is 0.237 e. The van der Waals surface area contributed by atoms with Gasteiger partial charge >= 0.3 is 0 Å². The zero-order valence-electron chi connectivity index (χ0n) is 18.4. The van der Waals surface area contributed by atoms with Gasteiger partial charge in [0.1, 0.15) is 11.1 Å². The third-order valence-electron chi connectivity index (χ3n) is 5.79. The van der Waals surface area contributed by atoms with Crippen LogP contribution < -0.4 is 5.32 Å². The maximum absolute atomic E-state index is 12.4. The van der Waals surface area contributed by atoms with Crippen molar-refractivity contribution in [1.29, 1.82) is 5.26 Å². The van der Waals surface area contributed by atoms with Crippen LogP contribution in [-0.2, 0) is 17.6 Å². The van der Waals surface area contributed by atoms with Gasteiger partial charge in [-0.15, -0.1) is 11.3 Å². The third-order valence-corrected chi connectivity index (χ3v) is 7.65. The Bertz CT molecular complexity index is 1150. The summed E-state index contributed by atoms with van der Waals surface area (Å²) < 4.78 is 0. The second-order valence-electron chi connectivity index (χ2n) is 8.90. The van der Waals surface area contributed by atoms with E-state index in [-0.39, 0.29) is 23.0 Å². The molecule has 32 heavy (non-hydrogen) atoms. The molecule has 0 fully saturated rings. The Labute approximate surface area is 196 Å². The molecular weight excluding hydrogens is 438 g/mol. The second-order valence-corrected chi connectivity index (χ2v) is 10.8. The van der Waals surface area contributed by atoms with E-state index in [2.05, 4.69) is 48.2 Å². The van der Waals surface area contributed by atoms with Gasteiger partial charge < -0.3 is 0 Å². The minimum atomic E-state index is -0.227. The standard InChI is InChI=1S/C24H25N5OS2/c1-24(2,3)15-7-8-18-16(12-15)21(19-6-4-11-31-19)17(13-25)22(28-18)32-14-20(30)29-23-26-9-5-10-27-23/h4-6,9-11,15H,7-8,12,14H2,1-3H3,(H,26,27,29,30)/t15-/m0/s1. The van der Waals surface area contributed by atoms with Crippen LogP contribution in [-0.4, -0.2) is 26.6 Å². The van der Waals surface area contributed by atoms with Gasteiger partial charge in [-0.2, -0.15) is 5.26 Å². The SMILES string of the molecule is CC(C)(C)[C@H]1CCc2nc(SCC(=O)Nc3ncccn3)c(C#N)c(-c3cccs3)c2C1. The van der Waals surface area contributed by atoms with Crippen molar-refractivity contribution in [2.24, 2.45) is 11.3 Å². The third kappa shape index (κ3) is 4.84. The Kier molecular flexibility index (Phi) is 6.58. The maximum atomic E-state index is 12.4. The first-order valence-corrected chi connectivity index (χ1v) is 12.4. The fourth-order valence-electron chi connectivity index (χ4n) is 4.03. The summed E-state index contributed by atoms with van der Waals surface area (Å²) in [7, 11) is 0. The highest BCUT2D eigenvalue weighted by atomic mass is 32.2. The number of amides is 1. The molecule has 6 nitrogen and oxygen atoms in total. The summed E-state index contributed by atoms with van der Waals surface area (Å²) in [6, 6.07) is 8.17. The van der Waals surface area contributed by atoms with E-state index in [4.69, 9.17) is 4.98 Å². The summed E-state index contributed by atoms with van der Waals surface area (Å²) in [4.78, 5) is 26.4. The molecule has 1 atom stereocenters. The van der Waals surface area contributed by atoms with Crippen LogP contribution in [0.4, 0.5) is 5.95 Å². The minimum absolute atomic E-state index is 0.132. The van der Waals surface area contributed by atoms with Crippen LogP contribution in [0.3, 0.4) is 0 Å². The van der Waals surface area contributed by atoms with E-state index in [9.17, 15) is 10.1 Å². The first-order valence-electron chi connectivity index (χ1n) is 10.6. The first-order chi connectivity index (χ1) is 15.4. The molecule has 3 heterocycles. The van der Waals surface area contributed by atoms with Crippen molar-refractivity contribution >= 4 is 35.0 Å². The van der Waals surface area contributed by atoms with Crippen LogP contribution in [0.1, 0.15) is 44.0 Å². The lowest BCUT2D eigenvalue weighted by molar-refractivity contribution is -0.113. The summed E-state index contributed by atoms with van der Waals surface area (Å²) in [6.07, 6.45) is 6.04. The normalized spacial score (nSPS) is 15.6. The molecule has 4 rings (SSSR count). The van der Waals surface area contributed by atoms with Crippen LogP contribution in [0.15, 0.2) is 41.0 Å². The van der Waals surface area contributed by atoms with Crippen molar-refractivity contribution in [2.45, 2.75) is 45.1 Å². The fourth-order valence-corrected chi connectivity index (χ4v) is 5.64. The van der Waals surface area contributed by atoms with E-state index in [0.29, 0.717) is 16.5 Å². The Morgan fingerprint density at radius 3 is 2.75 bits per heavy atom. The van der Waals surface area contributed by atoms with Gasteiger partial charge in [-0.05, 0) is 53.7 Å². The molecule has 3 aromatic heterocycles. The van der Waals surface area contributed by atoms with Crippen molar-refractivity contribution in [1.82, 2.24) is 15.0 Å². The van der Waals surface area contributed by atoms with Gasteiger partial charge in [-0.1, -0.05) is 38.6 Å². The highest BCUT2D eigenvalue weighted by molar-refractivity contribution is 8.00. The molecule has 8 heteroatoms. The molecule has 0 aliphatic heterocycles. The molecule has 0 spiro atoms. The molecule has 1 amide bonds. The Hall–Kier alpha value is -2.76. The highest BCUT2D eigenvalue weighted by Crippen LogP contribution is 2.44. The summed E-state index contributed by atoms with van der Waals surface area (Å²) in [5.41, 5.74) is 4.01. The van der Waals surface area contributed by atoms with E-state index >= 15 is 0 Å². The van der Waals surface area contributed by atoms with Crippen molar-refractivity contribution < 1.29 is 4.79 Å². The average Bonchev–Trinajstić information content (AvgIpc) is 3.30. The van der Waals surface area contributed by atoms with E-state index in [1.165, 1.54) is 17.3 Å². The van der Waals surface area contributed by atoms with Crippen molar-refractivity contribution in [3.05, 3.63) is 52.8 Å². The van der Waals surface area contributed by atoms with Crippen LogP contribution >= 0.6 is 23.1 Å². The fraction of sp³-hybridized carbons (Fsp3) is 0.375. The number of hydrogen-bond acceptors (Lipinski definition) is 7. The lowest BCUT2D eigenvalue weighted by atomic mass is 9.70. The van der Waals surface area contributed by atoms with E-state index < -0.39 is 0 Å². The molecule has 1 N–H and O–H groups in total. The number of carbonyl (C=O) groups is 1. The molecule has 1 aliphatic carbocycles. The van der Waals surface area contributed by atoms with Gasteiger partial charge in [0.05, 0.1) is 11.3 Å². The number of aryl methyl sites for hydroxylation is 1. The van der Waals surface area contributed by atoms with Crippen molar-refractivity contribution in [3.63, 3.8) is 0 Å². The predicted molar refractivity (Wildman–Crippen MR) is 129 cm³/mol. The molecule has 0 saturated heterocycles. The number of pyridine rings is 1. The van der Waals surface area contributed by atoms with Gasteiger partial charge in [0.15, 0.2) is 0 Å². The topological polar surface area (TPSA) is 91.6 Å². The van der Waals surface area contributed by atoms with Gasteiger partial charge in [0.25, 0.3) is 0 Å². The number of hydrogen-bond donors (Lipinski definition) is 1. The van der Waals surface area contributed by atoms with Crippen molar-refractivity contribution in [2.75, 3.05) is 11.1 Å². The Morgan fingerprint density at radius 2 is 2.09 bits per heavy atom. The largest absolute Gasteiger partial charge is 0.294 e. The minimum Gasteiger partial charge on any atom is -0.294 e. The lowest BCUT2D eigenvalue weighted by Crippen LogP contribution is -2.28.